The summed E-state index contributed by atoms with van der Waals surface area (Å²) in [4.78, 5) is 30.8. The molecule has 1 aromatic carbocycles. The van der Waals surface area contributed by atoms with Gasteiger partial charge in [-0.25, -0.2) is 12.7 Å². The Morgan fingerprint density at radius 2 is 1.79 bits per heavy atom. The molecule has 1 amide bonds. The number of benzene rings is 1. The van der Waals surface area contributed by atoms with E-state index < -0.39 is 10.0 Å². The number of nitrogens with one attached hydrogen (secondary N) is 2. The summed E-state index contributed by atoms with van der Waals surface area (Å²) < 4.78 is 30.0. The Morgan fingerprint density at radius 1 is 1.13 bits per heavy atom. The number of aryl methyl sites for hydroxylation is 2. The molecule has 0 radical (unpaired) electrons. The number of carbonyl (C=O) groups excluding carboxylic acids is 1. The van der Waals surface area contributed by atoms with Crippen LogP contribution in [0.1, 0.15) is 58.7 Å². The van der Waals surface area contributed by atoms with Gasteiger partial charge in [-0.05, 0) is 71.2 Å². The number of pyridine rings is 1. The van der Waals surface area contributed by atoms with Crippen molar-refractivity contribution in [2.45, 2.75) is 58.4 Å². The number of hydrogen-bond acceptors (Lipinski definition) is 5. The summed E-state index contributed by atoms with van der Waals surface area (Å²) in [5, 5.41) is 3.57. The fourth-order valence-electron chi connectivity index (χ4n) is 6.43. The predicted octanol–water partition coefficient (Wildman–Crippen LogP) is 3.10. The van der Waals surface area contributed by atoms with Gasteiger partial charge in [-0.3, -0.25) is 9.59 Å². The molecule has 2 fully saturated rings. The molecular weight excluding hydrogens is 514 g/mol. The average molecular weight is 554 g/mol. The summed E-state index contributed by atoms with van der Waals surface area (Å²) in [6.45, 7) is 10.3. The van der Waals surface area contributed by atoms with Gasteiger partial charge in [-0.15, -0.1) is 0 Å². The van der Waals surface area contributed by atoms with E-state index in [1.54, 1.807) is 4.31 Å². The molecule has 2 N–H and O–H groups in total. The first-order chi connectivity index (χ1) is 18.5. The van der Waals surface area contributed by atoms with Crippen molar-refractivity contribution < 1.29 is 13.2 Å². The second-order valence-electron chi connectivity index (χ2n) is 11.3. The Morgan fingerprint density at radius 3 is 2.44 bits per heavy atom. The van der Waals surface area contributed by atoms with Crippen molar-refractivity contribution in [3.05, 3.63) is 68.8 Å². The molecule has 10 heteroatoms. The predicted molar refractivity (Wildman–Crippen MR) is 154 cm³/mol. The highest BCUT2D eigenvalue weighted by Gasteiger charge is 2.41. The van der Waals surface area contributed by atoms with Gasteiger partial charge in [0.1, 0.15) is 5.25 Å². The zero-order valence-corrected chi connectivity index (χ0v) is 24.3. The van der Waals surface area contributed by atoms with Crippen molar-refractivity contribution in [1.82, 2.24) is 24.1 Å². The number of sulfonamides is 1. The average Bonchev–Trinajstić information content (AvgIpc) is 3.17. The number of H-pyrrole nitrogens is 1. The molecule has 1 unspecified atom stereocenters. The van der Waals surface area contributed by atoms with Crippen molar-refractivity contribution in [2.24, 2.45) is 5.92 Å². The van der Waals surface area contributed by atoms with Crippen LogP contribution in [0.15, 0.2) is 35.1 Å². The molecule has 39 heavy (non-hydrogen) atoms. The standard InChI is InChI=1S/C29H39N5O4S/c1-18-14-19(2)31-28(35)25(18)15-30-29(36)27-21(4)34(26-9-7-6-8-24(26)27)20(3)22-10-12-33(13-11-22)39(37,38)23-16-32(5)17-23/h6-9,14,20,22-23H,10-13,15-17H2,1-5H3,(H,30,36)(H,31,35). The molecule has 2 aliphatic rings. The Balaban J connectivity index is 1.35. The second-order valence-corrected chi connectivity index (χ2v) is 13.6. The monoisotopic (exact) mass is 553 g/mol. The fraction of sp³-hybridized carbons (Fsp3) is 0.517. The van der Waals surface area contributed by atoms with Crippen LogP contribution in [0.3, 0.4) is 0 Å². The topological polar surface area (TPSA) is 108 Å². The zero-order valence-electron chi connectivity index (χ0n) is 23.5. The third-order valence-corrected chi connectivity index (χ3v) is 10.9. The maximum atomic E-state index is 13.5. The molecule has 0 bridgehead atoms. The molecule has 9 nitrogen and oxygen atoms in total. The summed E-state index contributed by atoms with van der Waals surface area (Å²) in [5.41, 5.74) is 4.50. The molecule has 0 aliphatic carbocycles. The molecule has 5 rings (SSSR count). The molecule has 0 spiro atoms. The lowest BCUT2D eigenvalue weighted by atomic mass is 9.91. The first-order valence-electron chi connectivity index (χ1n) is 13.7. The van der Waals surface area contributed by atoms with Gasteiger partial charge in [-0.2, -0.15) is 0 Å². The van der Waals surface area contributed by atoms with E-state index in [-0.39, 0.29) is 29.3 Å². The summed E-state index contributed by atoms with van der Waals surface area (Å²) >= 11 is 0. The maximum Gasteiger partial charge on any atom is 0.254 e. The Kier molecular flexibility index (Phi) is 7.47. The molecule has 0 saturated carbocycles. The van der Waals surface area contributed by atoms with Crippen LogP contribution in [0.4, 0.5) is 0 Å². The zero-order chi connectivity index (χ0) is 28.1. The van der Waals surface area contributed by atoms with E-state index in [0.717, 1.165) is 40.7 Å². The Bertz CT molecular complexity index is 1560. The van der Waals surface area contributed by atoms with Gasteiger partial charge in [0.05, 0.1) is 5.56 Å². The lowest BCUT2D eigenvalue weighted by Crippen LogP contribution is -2.57. The van der Waals surface area contributed by atoms with Crippen molar-refractivity contribution in [1.29, 1.82) is 0 Å². The summed E-state index contributed by atoms with van der Waals surface area (Å²) in [5.74, 6) is 0.0834. The van der Waals surface area contributed by atoms with E-state index in [1.807, 2.05) is 63.1 Å². The largest absolute Gasteiger partial charge is 0.348 e. The van der Waals surface area contributed by atoms with Crippen LogP contribution >= 0.6 is 0 Å². The minimum atomic E-state index is -3.25. The number of amides is 1. The van der Waals surface area contributed by atoms with Gasteiger partial charge >= 0.3 is 0 Å². The van der Waals surface area contributed by atoms with E-state index in [4.69, 9.17) is 0 Å². The molecule has 2 aliphatic heterocycles. The van der Waals surface area contributed by atoms with E-state index in [9.17, 15) is 18.0 Å². The van der Waals surface area contributed by atoms with Crippen LogP contribution < -0.4 is 10.9 Å². The van der Waals surface area contributed by atoms with Crippen LogP contribution in [0, 0.1) is 26.7 Å². The van der Waals surface area contributed by atoms with Crippen LogP contribution in [0.5, 0.6) is 0 Å². The van der Waals surface area contributed by atoms with Crippen LogP contribution in [-0.2, 0) is 16.6 Å². The van der Waals surface area contributed by atoms with Gasteiger partial charge in [0, 0.05) is 66.6 Å². The third-order valence-electron chi connectivity index (χ3n) is 8.70. The summed E-state index contributed by atoms with van der Waals surface area (Å²) in [6.07, 6.45) is 1.57. The maximum absolute atomic E-state index is 13.5. The third kappa shape index (κ3) is 5.05. The minimum Gasteiger partial charge on any atom is -0.348 e. The summed E-state index contributed by atoms with van der Waals surface area (Å²) in [6, 6.07) is 9.92. The van der Waals surface area contributed by atoms with Gasteiger partial charge in [0.25, 0.3) is 11.5 Å². The van der Waals surface area contributed by atoms with Gasteiger partial charge < -0.3 is 19.8 Å². The highest BCUT2D eigenvalue weighted by molar-refractivity contribution is 7.89. The number of likely N-dealkylation sites (tertiary alicyclic amines) is 1. The number of carbonyl (C=O) groups is 1. The van der Waals surface area contributed by atoms with Crippen LogP contribution in [0.2, 0.25) is 0 Å². The first-order valence-corrected chi connectivity index (χ1v) is 15.2. The van der Waals surface area contributed by atoms with Crippen molar-refractivity contribution >= 4 is 26.8 Å². The number of piperidine rings is 1. The fourth-order valence-corrected chi connectivity index (χ4v) is 8.45. The molecular formula is C29H39N5O4S. The number of hydrogen-bond donors (Lipinski definition) is 2. The molecule has 210 valence electrons. The van der Waals surface area contributed by atoms with E-state index >= 15 is 0 Å². The van der Waals surface area contributed by atoms with Crippen LogP contribution in [-0.4, -0.2) is 71.6 Å². The first kappa shape index (κ1) is 27.6. The van der Waals surface area contributed by atoms with E-state index in [2.05, 4.69) is 21.8 Å². The van der Waals surface area contributed by atoms with Crippen molar-refractivity contribution in [3.63, 3.8) is 0 Å². The second kappa shape index (κ2) is 10.6. The minimum absolute atomic E-state index is 0.0957. The van der Waals surface area contributed by atoms with Crippen molar-refractivity contribution in [2.75, 3.05) is 33.2 Å². The van der Waals surface area contributed by atoms with E-state index in [1.165, 1.54) is 0 Å². The normalized spacial score (nSPS) is 18.8. The van der Waals surface area contributed by atoms with Gasteiger partial charge in [0.2, 0.25) is 10.0 Å². The van der Waals surface area contributed by atoms with Gasteiger partial charge in [0.15, 0.2) is 0 Å². The lowest BCUT2D eigenvalue weighted by molar-refractivity contribution is 0.0951. The number of fused-ring (bicyclic) bond motifs is 1. The number of aromatic nitrogens is 2. The molecule has 3 aromatic rings. The number of aromatic amines is 1. The Labute approximate surface area is 230 Å². The molecule has 4 heterocycles. The summed E-state index contributed by atoms with van der Waals surface area (Å²) in [7, 11) is -1.31. The number of nitrogens with zero attached hydrogens (tertiary/aromatic N) is 3. The number of para-hydroxylation sites is 1. The van der Waals surface area contributed by atoms with Gasteiger partial charge in [-0.1, -0.05) is 18.2 Å². The van der Waals surface area contributed by atoms with Crippen LogP contribution in [0.25, 0.3) is 10.9 Å². The molecule has 2 saturated heterocycles. The molecule has 1 atom stereocenters. The number of rotatable bonds is 7. The lowest BCUT2D eigenvalue weighted by Gasteiger charge is -2.41. The molecule has 2 aromatic heterocycles. The Hall–Kier alpha value is -2.95. The quantitative estimate of drug-likeness (QED) is 0.468. The smallest absolute Gasteiger partial charge is 0.254 e. The highest BCUT2D eigenvalue weighted by Crippen LogP contribution is 2.36. The van der Waals surface area contributed by atoms with Crippen molar-refractivity contribution in [3.8, 4) is 0 Å². The SMILES string of the molecule is Cc1cc(C)c(CNC(=O)c2c(C)n(C(C)C3CCN(S(=O)(=O)C4CN(C)C4)CC3)c3ccccc23)c(=O)[nH]1. The van der Waals surface area contributed by atoms with E-state index in [0.29, 0.717) is 43.2 Å². The highest BCUT2D eigenvalue weighted by atomic mass is 32.2.